The number of nitrogens with one attached hydrogen (secondary N) is 1. The zero-order valence-corrected chi connectivity index (χ0v) is 16.3. The van der Waals surface area contributed by atoms with Crippen LogP contribution >= 0.6 is 0 Å². The highest BCUT2D eigenvalue weighted by Crippen LogP contribution is 2.29. The van der Waals surface area contributed by atoms with Crippen molar-refractivity contribution >= 4 is 5.91 Å². The molecule has 2 aromatic carbocycles. The van der Waals surface area contributed by atoms with Gasteiger partial charge in [-0.1, -0.05) is 42.0 Å². The number of halogens is 3. The van der Waals surface area contributed by atoms with Gasteiger partial charge in [-0.15, -0.1) is 0 Å². The minimum Gasteiger partial charge on any atom is -0.352 e. The molecule has 0 saturated heterocycles. The second kappa shape index (κ2) is 8.51. The highest BCUT2D eigenvalue weighted by molar-refractivity contribution is 5.76. The first-order valence-corrected chi connectivity index (χ1v) is 9.25. The summed E-state index contributed by atoms with van der Waals surface area (Å²) in [5.74, 6) is -0.163. The van der Waals surface area contributed by atoms with Crippen LogP contribution in [0.3, 0.4) is 0 Å². The molecule has 1 heterocycles. The first-order chi connectivity index (χ1) is 13.7. The molecule has 152 valence electrons. The third-order valence-corrected chi connectivity index (χ3v) is 4.62. The summed E-state index contributed by atoms with van der Waals surface area (Å²) in [7, 11) is 1.84. The number of hydrogen-bond donors (Lipinski definition) is 1. The molecule has 7 heteroatoms. The number of aryl methyl sites for hydroxylation is 3. The van der Waals surface area contributed by atoms with E-state index in [1.54, 1.807) is 4.68 Å². The largest absolute Gasteiger partial charge is 0.416 e. The average Bonchev–Trinajstić information content (AvgIpc) is 3.05. The number of aromatic nitrogens is 2. The molecular weight excluding hydrogens is 379 g/mol. The van der Waals surface area contributed by atoms with E-state index >= 15 is 0 Å². The molecule has 4 nitrogen and oxygen atoms in total. The van der Waals surface area contributed by atoms with Gasteiger partial charge in [0.15, 0.2) is 0 Å². The lowest BCUT2D eigenvalue weighted by Gasteiger charge is -2.09. The van der Waals surface area contributed by atoms with Crippen LogP contribution in [0.5, 0.6) is 0 Å². The number of carbonyl (C=O) groups is 1. The van der Waals surface area contributed by atoms with Gasteiger partial charge < -0.3 is 5.32 Å². The average molecular weight is 401 g/mol. The van der Waals surface area contributed by atoms with Crippen molar-refractivity contribution in [2.45, 2.75) is 32.5 Å². The van der Waals surface area contributed by atoms with E-state index in [0.717, 1.165) is 34.5 Å². The number of hydrogen-bond acceptors (Lipinski definition) is 2. The molecule has 29 heavy (non-hydrogen) atoms. The number of benzene rings is 2. The Bertz CT molecular complexity index is 974. The van der Waals surface area contributed by atoms with Crippen LogP contribution in [0.4, 0.5) is 13.2 Å². The van der Waals surface area contributed by atoms with E-state index in [2.05, 4.69) is 10.4 Å². The van der Waals surface area contributed by atoms with Crippen molar-refractivity contribution in [1.82, 2.24) is 15.1 Å². The molecule has 3 aromatic rings. The molecule has 0 aliphatic rings. The number of amides is 1. The van der Waals surface area contributed by atoms with Gasteiger partial charge in [-0.25, -0.2) is 0 Å². The highest BCUT2D eigenvalue weighted by Gasteiger charge is 2.29. The van der Waals surface area contributed by atoms with Gasteiger partial charge in [-0.3, -0.25) is 9.48 Å². The van der Waals surface area contributed by atoms with Crippen molar-refractivity contribution in [2.75, 3.05) is 0 Å². The van der Waals surface area contributed by atoms with Crippen molar-refractivity contribution in [3.05, 3.63) is 77.0 Å². The zero-order chi connectivity index (χ0) is 21.0. The minimum absolute atomic E-state index is 0.163. The monoisotopic (exact) mass is 401 g/mol. The lowest BCUT2D eigenvalue weighted by Crippen LogP contribution is -2.23. The van der Waals surface area contributed by atoms with Crippen LogP contribution in [0.1, 0.15) is 28.7 Å². The van der Waals surface area contributed by atoms with Crippen molar-refractivity contribution in [2.24, 2.45) is 7.05 Å². The summed E-state index contributed by atoms with van der Waals surface area (Å²) < 4.78 is 39.5. The van der Waals surface area contributed by atoms with Crippen LogP contribution in [-0.4, -0.2) is 15.7 Å². The second-order valence-corrected chi connectivity index (χ2v) is 7.01. The Morgan fingerprint density at radius 1 is 1.07 bits per heavy atom. The smallest absolute Gasteiger partial charge is 0.352 e. The lowest BCUT2D eigenvalue weighted by atomic mass is 10.0. The summed E-state index contributed by atoms with van der Waals surface area (Å²) in [6, 6.07) is 12.8. The van der Waals surface area contributed by atoms with Crippen LogP contribution < -0.4 is 5.32 Å². The summed E-state index contributed by atoms with van der Waals surface area (Å²) in [6.45, 7) is 2.21. The van der Waals surface area contributed by atoms with Gasteiger partial charge >= 0.3 is 6.18 Å². The molecule has 0 unspecified atom stereocenters. The maximum Gasteiger partial charge on any atom is 0.416 e. The van der Waals surface area contributed by atoms with Gasteiger partial charge in [0.1, 0.15) is 0 Å². The van der Waals surface area contributed by atoms with Crippen LogP contribution in [0.15, 0.2) is 54.7 Å². The van der Waals surface area contributed by atoms with E-state index in [1.165, 1.54) is 12.1 Å². The van der Waals surface area contributed by atoms with Crippen molar-refractivity contribution in [3.8, 4) is 11.3 Å². The van der Waals surface area contributed by atoms with Crippen LogP contribution in [-0.2, 0) is 31.0 Å². The SMILES string of the molecule is Cc1ccc(-c2nn(C)cc2CCC(=O)NCc2ccc(C(F)(F)F)cc2)cc1. The Morgan fingerprint density at radius 2 is 1.72 bits per heavy atom. The van der Waals surface area contributed by atoms with Crippen molar-refractivity contribution < 1.29 is 18.0 Å². The second-order valence-electron chi connectivity index (χ2n) is 7.01. The first kappa shape index (κ1) is 20.6. The number of nitrogens with zero attached hydrogens (tertiary/aromatic N) is 2. The Kier molecular flexibility index (Phi) is 6.06. The van der Waals surface area contributed by atoms with Crippen molar-refractivity contribution in [1.29, 1.82) is 0 Å². The Hall–Kier alpha value is -3.09. The molecule has 0 atom stereocenters. The van der Waals surface area contributed by atoms with Gasteiger partial charge in [0, 0.05) is 31.8 Å². The predicted molar refractivity (Wildman–Crippen MR) is 105 cm³/mol. The highest BCUT2D eigenvalue weighted by atomic mass is 19.4. The summed E-state index contributed by atoms with van der Waals surface area (Å²) in [5, 5.41) is 7.26. The van der Waals surface area contributed by atoms with Crippen molar-refractivity contribution in [3.63, 3.8) is 0 Å². The molecule has 0 radical (unpaired) electrons. The van der Waals surface area contributed by atoms with Crippen LogP contribution in [0, 0.1) is 6.92 Å². The third-order valence-electron chi connectivity index (χ3n) is 4.62. The molecule has 1 N–H and O–H groups in total. The fourth-order valence-corrected chi connectivity index (χ4v) is 3.02. The van der Waals surface area contributed by atoms with Crippen LogP contribution in [0.2, 0.25) is 0 Å². The van der Waals surface area contributed by atoms with E-state index in [-0.39, 0.29) is 18.9 Å². The molecule has 0 aliphatic heterocycles. The van der Waals surface area contributed by atoms with Gasteiger partial charge in [0.25, 0.3) is 0 Å². The van der Waals surface area contributed by atoms with Crippen LogP contribution in [0.25, 0.3) is 11.3 Å². The maximum absolute atomic E-state index is 12.6. The van der Waals surface area contributed by atoms with E-state index < -0.39 is 11.7 Å². The third kappa shape index (κ3) is 5.47. The molecule has 0 bridgehead atoms. The van der Waals surface area contributed by atoms with E-state index in [4.69, 9.17) is 0 Å². The zero-order valence-electron chi connectivity index (χ0n) is 16.3. The molecule has 3 rings (SSSR count). The summed E-state index contributed by atoms with van der Waals surface area (Å²) >= 11 is 0. The number of rotatable bonds is 6. The van der Waals surface area contributed by atoms with E-state index in [9.17, 15) is 18.0 Å². The maximum atomic E-state index is 12.6. The fourth-order valence-electron chi connectivity index (χ4n) is 3.02. The molecule has 0 spiro atoms. The normalized spacial score (nSPS) is 11.5. The lowest BCUT2D eigenvalue weighted by molar-refractivity contribution is -0.137. The van der Waals surface area contributed by atoms with E-state index in [1.807, 2.05) is 44.4 Å². The minimum atomic E-state index is -4.36. The summed E-state index contributed by atoms with van der Waals surface area (Å²) in [5.41, 5.74) is 3.90. The molecule has 1 amide bonds. The topological polar surface area (TPSA) is 46.9 Å². The van der Waals surface area contributed by atoms with Gasteiger partial charge in [0.2, 0.25) is 5.91 Å². The number of carbonyl (C=O) groups excluding carboxylic acids is 1. The number of alkyl halides is 3. The molecule has 1 aromatic heterocycles. The quantitative estimate of drug-likeness (QED) is 0.653. The van der Waals surface area contributed by atoms with Gasteiger partial charge in [-0.05, 0) is 36.6 Å². The fraction of sp³-hybridized carbons (Fsp3) is 0.273. The molecule has 0 saturated carbocycles. The Morgan fingerprint density at radius 3 is 2.34 bits per heavy atom. The molecular formula is C22H22F3N3O. The molecule has 0 fully saturated rings. The Balaban J connectivity index is 1.57. The Labute approximate surface area is 167 Å². The standard InChI is InChI=1S/C22H22F3N3O/c1-15-3-7-17(8-4-15)21-18(14-28(2)27-21)9-12-20(29)26-13-16-5-10-19(11-6-16)22(23,24)25/h3-8,10-11,14H,9,12-13H2,1-2H3,(H,26,29). The van der Waals surface area contributed by atoms with Gasteiger partial charge in [-0.2, -0.15) is 18.3 Å². The van der Waals surface area contributed by atoms with E-state index in [0.29, 0.717) is 12.0 Å². The molecule has 0 aliphatic carbocycles. The first-order valence-electron chi connectivity index (χ1n) is 9.25. The summed E-state index contributed by atoms with van der Waals surface area (Å²) in [4.78, 5) is 12.2. The predicted octanol–water partition coefficient (Wildman–Crippen LogP) is 4.66. The van der Waals surface area contributed by atoms with Gasteiger partial charge in [0.05, 0.1) is 11.3 Å². The summed E-state index contributed by atoms with van der Waals surface area (Å²) in [6.07, 6.45) is -1.67.